The van der Waals surface area contributed by atoms with Gasteiger partial charge in [0.15, 0.2) is 0 Å². The predicted molar refractivity (Wildman–Crippen MR) is 82.2 cm³/mol. The summed E-state index contributed by atoms with van der Waals surface area (Å²) in [5.41, 5.74) is 0.600. The smallest absolute Gasteiger partial charge is 0.250 e. The molecule has 1 aliphatic carbocycles. The number of rotatable bonds is 2. The van der Waals surface area contributed by atoms with E-state index in [4.69, 9.17) is 0 Å². The molecule has 1 aromatic rings. The highest BCUT2D eigenvalue weighted by atomic mass is 16.2. The summed E-state index contributed by atoms with van der Waals surface area (Å²) in [5, 5.41) is 6.43. The van der Waals surface area contributed by atoms with Gasteiger partial charge in [0.2, 0.25) is 11.5 Å². The summed E-state index contributed by atoms with van der Waals surface area (Å²) in [6.07, 6.45) is 8.79. The fourth-order valence-corrected chi connectivity index (χ4v) is 3.60. The van der Waals surface area contributed by atoms with Gasteiger partial charge >= 0.3 is 0 Å². The molecule has 5 heteroatoms. The van der Waals surface area contributed by atoms with E-state index >= 15 is 0 Å². The maximum Gasteiger partial charge on any atom is 0.250 e. The highest BCUT2D eigenvalue weighted by Gasteiger charge is 2.34. The standard InChI is InChI=1S/C16H23N3O2/c1-19-10-12(7-9-15(19)20)17-16(21)14-8-6-11-4-2-3-5-13(11)18-14/h7,9-11,13-14,18H,2-6,8H2,1H3,(H,17,21). The van der Waals surface area contributed by atoms with Crippen molar-refractivity contribution in [2.75, 3.05) is 5.32 Å². The molecule has 1 aliphatic heterocycles. The van der Waals surface area contributed by atoms with Crippen LogP contribution >= 0.6 is 0 Å². The van der Waals surface area contributed by atoms with Crippen LogP contribution in [0.15, 0.2) is 23.1 Å². The molecule has 0 spiro atoms. The maximum atomic E-state index is 12.4. The molecule has 2 fully saturated rings. The number of aryl methyl sites for hydroxylation is 1. The Kier molecular flexibility index (Phi) is 4.10. The van der Waals surface area contributed by atoms with E-state index in [9.17, 15) is 9.59 Å². The first kappa shape index (κ1) is 14.3. The number of fused-ring (bicyclic) bond motifs is 1. The molecular weight excluding hydrogens is 266 g/mol. The molecule has 0 bridgehead atoms. The Hall–Kier alpha value is -1.62. The topological polar surface area (TPSA) is 63.1 Å². The molecule has 21 heavy (non-hydrogen) atoms. The van der Waals surface area contributed by atoms with E-state index in [1.807, 2.05) is 0 Å². The molecule has 0 aromatic carbocycles. The van der Waals surface area contributed by atoms with Gasteiger partial charge in [-0.05, 0) is 37.7 Å². The molecule has 1 saturated carbocycles. The van der Waals surface area contributed by atoms with E-state index in [0.29, 0.717) is 11.7 Å². The third-order valence-electron chi connectivity index (χ3n) is 4.82. The van der Waals surface area contributed by atoms with Crippen LogP contribution in [0.4, 0.5) is 5.69 Å². The summed E-state index contributed by atoms with van der Waals surface area (Å²) in [6.45, 7) is 0. The van der Waals surface area contributed by atoms with Crippen LogP contribution < -0.4 is 16.2 Å². The summed E-state index contributed by atoms with van der Waals surface area (Å²) >= 11 is 0. The SMILES string of the molecule is Cn1cc(NC(=O)C2CCC3CCCCC3N2)ccc1=O. The van der Waals surface area contributed by atoms with Gasteiger partial charge in [-0.15, -0.1) is 0 Å². The number of hydrogen-bond acceptors (Lipinski definition) is 3. The highest BCUT2D eigenvalue weighted by Crippen LogP contribution is 2.32. The number of amides is 1. The zero-order valence-electron chi connectivity index (χ0n) is 12.5. The molecule has 2 aliphatic rings. The number of carbonyl (C=O) groups is 1. The molecule has 2 N–H and O–H groups in total. The fraction of sp³-hybridized carbons (Fsp3) is 0.625. The Labute approximate surface area is 124 Å². The summed E-state index contributed by atoms with van der Waals surface area (Å²) in [5.74, 6) is 0.762. The number of aromatic nitrogens is 1. The number of carbonyl (C=O) groups excluding carboxylic acids is 1. The summed E-state index contributed by atoms with van der Waals surface area (Å²) < 4.78 is 1.47. The van der Waals surface area contributed by atoms with E-state index in [-0.39, 0.29) is 17.5 Å². The number of pyridine rings is 1. The summed E-state index contributed by atoms with van der Waals surface area (Å²) in [4.78, 5) is 23.7. The third kappa shape index (κ3) is 3.18. The van der Waals surface area contributed by atoms with Gasteiger partial charge in [-0.2, -0.15) is 0 Å². The lowest BCUT2D eigenvalue weighted by atomic mass is 9.77. The predicted octanol–water partition coefficient (Wildman–Crippen LogP) is 1.63. The third-order valence-corrected chi connectivity index (χ3v) is 4.82. The second-order valence-corrected chi connectivity index (χ2v) is 6.30. The number of hydrogen-bond donors (Lipinski definition) is 2. The van der Waals surface area contributed by atoms with E-state index in [1.165, 1.54) is 36.3 Å². The lowest BCUT2D eigenvalue weighted by Gasteiger charge is -2.39. The van der Waals surface area contributed by atoms with Crippen molar-refractivity contribution in [3.05, 3.63) is 28.7 Å². The van der Waals surface area contributed by atoms with Crippen molar-refractivity contribution in [1.82, 2.24) is 9.88 Å². The molecule has 0 radical (unpaired) electrons. The minimum atomic E-state index is -0.110. The van der Waals surface area contributed by atoms with Crippen LogP contribution in [0, 0.1) is 5.92 Å². The molecule has 114 valence electrons. The van der Waals surface area contributed by atoms with Crippen LogP contribution in [0.5, 0.6) is 0 Å². The Morgan fingerprint density at radius 2 is 2.05 bits per heavy atom. The molecular formula is C16H23N3O2. The van der Waals surface area contributed by atoms with Gasteiger partial charge in [0.1, 0.15) is 0 Å². The van der Waals surface area contributed by atoms with Crippen LogP contribution in [0.3, 0.4) is 0 Å². The van der Waals surface area contributed by atoms with Crippen LogP contribution in [0.25, 0.3) is 0 Å². The van der Waals surface area contributed by atoms with E-state index < -0.39 is 0 Å². The Morgan fingerprint density at radius 1 is 1.24 bits per heavy atom. The average molecular weight is 289 g/mol. The second-order valence-electron chi connectivity index (χ2n) is 6.30. The molecule has 3 rings (SSSR count). The van der Waals surface area contributed by atoms with Gasteiger partial charge in [-0.1, -0.05) is 12.8 Å². The van der Waals surface area contributed by atoms with Crippen LogP contribution in [-0.4, -0.2) is 22.6 Å². The highest BCUT2D eigenvalue weighted by molar-refractivity contribution is 5.94. The van der Waals surface area contributed by atoms with Gasteiger partial charge in [0, 0.05) is 25.4 Å². The molecule has 5 nitrogen and oxygen atoms in total. The van der Waals surface area contributed by atoms with Crippen LogP contribution in [0.2, 0.25) is 0 Å². The van der Waals surface area contributed by atoms with E-state index in [2.05, 4.69) is 10.6 Å². The van der Waals surface area contributed by atoms with Gasteiger partial charge < -0.3 is 15.2 Å². The lowest BCUT2D eigenvalue weighted by Crippen LogP contribution is -2.53. The van der Waals surface area contributed by atoms with Crippen LogP contribution in [-0.2, 0) is 11.8 Å². The van der Waals surface area contributed by atoms with Crippen molar-refractivity contribution in [3.8, 4) is 0 Å². The zero-order valence-corrected chi connectivity index (χ0v) is 12.5. The number of nitrogens with zero attached hydrogens (tertiary/aromatic N) is 1. The Bertz CT molecular complexity index is 581. The molecule has 3 atom stereocenters. The van der Waals surface area contributed by atoms with Gasteiger partial charge in [-0.25, -0.2) is 0 Å². The minimum absolute atomic E-state index is 0.0117. The quantitative estimate of drug-likeness (QED) is 0.870. The molecule has 1 saturated heterocycles. The monoisotopic (exact) mass is 289 g/mol. The van der Waals surface area contributed by atoms with Crippen molar-refractivity contribution in [1.29, 1.82) is 0 Å². The first-order valence-electron chi connectivity index (χ1n) is 7.87. The molecule has 3 unspecified atom stereocenters. The van der Waals surface area contributed by atoms with Gasteiger partial charge in [-0.3, -0.25) is 9.59 Å². The molecule has 1 amide bonds. The maximum absolute atomic E-state index is 12.4. The minimum Gasteiger partial charge on any atom is -0.323 e. The van der Waals surface area contributed by atoms with Crippen molar-refractivity contribution in [2.45, 2.75) is 50.6 Å². The zero-order chi connectivity index (χ0) is 14.8. The largest absolute Gasteiger partial charge is 0.323 e. The molecule has 2 heterocycles. The van der Waals surface area contributed by atoms with Crippen molar-refractivity contribution in [2.24, 2.45) is 13.0 Å². The van der Waals surface area contributed by atoms with Crippen molar-refractivity contribution < 1.29 is 4.79 Å². The average Bonchev–Trinajstić information content (AvgIpc) is 2.50. The number of anilines is 1. The van der Waals surface area contributed by atoms with Crippen molar-refractivity contribution >= 4 is 11.6 Å². The first-order valence-corrected chi connectivity index (χ1v) is 7.87. The van der Waals surface area contributed by atoms with Crippen molar-refractivity contribution in [3.63, 3.8) is 0 Å². The Morgan fingerprint density at radius 3 is 2.86 bits per heavy atom. The fourth-order valence-electron chi connectivity index (χ4n) is 3.60. The normalized spacial score (nSPS) is 28.7. The summed E-state index contributed by atoms with van der Waals surface area (Å²) in [6, 6.07) is 3.53. The second kappa shape index (κ2) is 6.02. The Balaban J connectivity index is 1.62. The van der Waals surface area contributed by atoms with Crippen LogP contribution in [0.1, 0.15) is 38.5 Å². The number of piperidine rings is 1. The lowest BCUT2D eigenvalue weighted by molar-refractivity contribution is -0.119. The number of nitrogens with one attached hydrogen (secondary N) is 2. The van der Waals surface area contributed by atoms with Gasteiger partial charge in [0.05, 0.1) is 11.7 Å². The van der Waals surface area contributed by atoms with E-state index in [0.717, 1.165) is 18.8 Å². The van der Waals surface area contributed by atoms with Gasteiger partial charge in [0.25, 0.3) is 0 Å². The first-order chi connectivity index (χ1) is 10.1. The van der Waals surface area contributed by atoms with E-state index in [1.54, 1.807) is 19.3 Å². The molecule has 1 aromatic heterocycles. The summed E-state index contributed by atoms with van der Waals surface area (Å²) in [7, 11) is 1.68.